The van der Waals surface area contributed by atoms with Gasteiger partial charge in [-0.3, -0.25) is 0 Å². The summed E-state index contributed by atoms with van der Waals surface area (Å²) in [6, 6.07) is 2.07. The minimum Gasteiger partial charge on any atom is -0.392 e. The lowest BCUT2D eigenvalue weighted by molar-refractivity contribution is -0.0640. The minimum atomic E-state index is -3.86. The molecule has 1 aromatic rings. The van der Waals surface area contributed by atoms with Crippen LogP contribution in [-0.2, 0) is 21.4 Å². The third-order valence-corrected chi connectivity index (χ3v) is 5.52. The third-order valence-electron chi connectivity index (χ3n) is 3.28. The van der Waals surface area contributed by atoms with Gasteiger partial charge in [-0.1, -0.05) is 11.6 Å². The summed E-state index contributed by atoms with van der Waals surface area (Å²) in [4.78, 5) is -0.217. The number of halogens is 2. The summed E-state index contributed by atoms with van der Waals surface area (Å²) in [6.45, 7) is 3.69. The van der Waals surface area contributed by atoms with Crippen molar-refractivity contribution in [1.82, 2.24) is 4.31 Å². The van der Waals surface area contributed by atoms with Gasteiger partial charge in [-0.15, -0.1) is 0 Å². The largest absolute Gasteiger partial charge is 0.392 e. The van der Waals surface area contributed by atoms with Crippen molar-refractivity contribution in [3.05, 3.63) is 28.5 Å². The molecular weight excluding hydrogens is 321 g/mol. The third kappa shape index (κ3) is 3.37. The molecule has 0 unspecified atom stereocenters. The van der Waals surface area contributed by atoms with E-state index < -0.39 is 28.0 Å². The summed E-state index contributed by atoms with van der Waals surface area (Å²) in [7, 11) is -3.86. The van der Waals surface area contributed by atoms with E-state index in [0.717, 1.165) is 6.07 Å². The van der Waals surface area contributed by atoms with Gasteiger partial charge in [-0.25, -0.2) is 12.8 Å². The Bertz CT molecular complexity index is 648. The molecule has 5 nitrogen and oxygen atoms in total. The average molecular weight is 338 g/mol. The first kappa shape index (κ1) is 16.6. The quantitative estimate of drug-likeness (QED) is 0.913. The van der Waals surface area contributed by atoms with Gasteiger partial charge in [0.05, 0.1) is 28.7 Å². The Balaban J connectivity index is 2.42. The lowest BCUT2D eigenvalue weighted by atomic mass is 10.1. The van der Waals surface area contributed by atoms with Crippen molar-refractivity contribution in [2.75, 3.05) is 19.7 Å². The van der Waals surface area contributed by atoms with Crippen LogP contribution in [0.3, 0.4) is 0 Å². The fourth-order valence-corrected chi connectivity index (χ4v) is 4.02. The van der Waals surface area contributed by atoms with Crippen LogP contribution in [-0.4, -0.2) is 43.1 Å². The van der Waals surface area contributed by atoms with Crippen molar-refractivity contribution < 1.29 is 22.7 Å². The van der Waals surface area contributed by atoms with Gasteiger partial charge in [0, 0.05) is 18.7 Å². The highest BCUT2D eigenvalue weighted by molar-refractivity contribution is 7.89. The molecule has 0 aromatic heterocycles. The number of sulfonamides is 1. The summed E-state index contributed by atoms with van der Waals surface area (Å²) >= 11 is 5.68. The molecule has 0 atom stereocenters. The highest BCUT2D eigenvalue weighted by Gasteiger charge is 2.35. The average Bonchev–Trinajstić information content (AvgIpc) is 2.40. The van der Waals surface area contributed by atoms with Crippen LogP contribution in [0.1, 0.15) is 19.4 Å². The topological polar surface area (TPSA) is 66.8 Å². The number of benzene rings is 1. The number of nitrogens with zero attached hydrogens (tertiary/aromatic N) is 1. The minimum absolute atomic E-state index is 0.0442. The van der Waals surface area contributed by atoms with Crippen molar-refractivity contribution in [2.45, 2.75) is 31.0 Å². The predicted molar refractivity (Wildman–Crippen MR) is 76.1 cm³/mol. The zero-order valence-electron chi connectivity index (χ0n) is 11.8. The van der Waals surface area contributed by atoms with Crippen molar-refractivity contribution in [3.63, 3.8) is 0 Å². The fraction of sp³-hybridized carbons (Fsp3) is 0.538. The maximum atomic E-state index is 13.7. The van der Waals surface area contributed by atoms with Crippen LogP contribution in [0.15, 0.2) is 17.0 Å². The Morgan fingerprint density at radius 3 is 2.71 bits per heavy atom. The van der Waals surface area contributed by atoms with Crippen LogP contribution in [0.5, 0.6) is 0 Å². The van der Waals surface area contributed by atoms with E-state index in [0.29, 0.717) is 0 Å². The van der Waals surface area contributed by atoms with Crippen LogP contribution in [0.4, 0.5) is 4.39 Å². The van der Waals surface area contributed by atoms with Gasteiger partial charge in [0.1, 0.15) is 5.82 Å². The van der Waals surface area contributed by atoms with Gasteiger partial charge < -0.3 is 9.84 Å². The molecule has 2 rings (SSSR count). The molecule has 1 saturated heterocycles. The smallest absolute Gasteiger partial charge is 0.243 e. The molecule has 0 bridgehead atoms. The van der Waals surface area contributed by atoms with Crippen molar-refractivity contribution in [2.24, 2.45) is 0 Å². The fourth-order valence-electron chi connectivity index (χ4n) is 2.21. The van der Waals surface area contributed by atoms with Gasteiger partial charge in [-0.05, 0) is 26.0 Å². The Morgan fingerprint density at radius 2 is 2.14 bits per heavy atom. The number of ether oxygens (including phenoxy) is 1. The number of morpholine rings is 1. The number of aliphatic hydroxyl groups excluding tert-OH is 1. The van der Waals surface area contributed by atoms with Crippen molar-refractivity contribution >= 4 is 21.6 Å². The second-order valence-electron chi connectivity index (χ2n) is 5.48. The lowest BCUT2D eigenvalue weighted by Gasteiger charge is -2.37. The van der Waals surface area contributed by atoms with Gasteiger partial charge in [0.2, 0.25) is 10.0 Å². The Hall–Kier alpha value is -0.730. The molecule has 1 aliphatic rings. The van der Waals surface area contributed by atoms with E-state index in [1.165, 1.54) is 10.4 Å². The second-order valence-corrected chi connectivity index (χ2v) is 7.80. The summed E-state index contributed by atoms with van der Waals surface area (Å²) < 4.78 is 45.6. The Labute approximate surface area is 128 Å². The van der Waals surface area contributed by atoms with Crippen LogP contribution in [0.25, 0.3) is 0 Å². The van der Waals surface area contributed by atoms with Crippen LogP contribution >= 0.6 is 11.6 Å². The first-order valence-corrected chi connectivity index (χ1v) is 8.22. The predicted octanol–water partition coefficient (Wildman–Crippen LogP) is 1.77. The van der Waals surface area contributed by atoms with Gasteiger partial charge in [0.25, 0.3) is 0 Å². The molecule has 0 spiro atoms. The molecule has 0 saturated carbocycles. The van der Waals surface area contributed by atoms with E-state index in [9.17, 15) is 12.8 Å². The van der Waals surface area contributed by atoms with Crippen molar-refractivity contribution in [3.8, 4) is 0 Å². The van der Waals surface area contributed by atoms with Gasteiger partial charge >= 0.3 is 0 Å². The van der Waals surface area contributed by atoms with E-state index in [1.807, 2.05) is 0 Å². The highest BCUT2D eigenvalue weighted by Crippen LogP contribution is 2.28. The lowest BCUT2D eigenvalue weighted by Crippen LogP contribution is -2.50. The molecule has 1 aliphatic heterocycles. The summed E-state index contributed by atoms with van der Waals surface area (Å²) in [5, 5.41) is 8.88. The zero-order valence-corrected chi connectivity index (χ0v) is 13.3. The molecule has 8 heteroatoms. The summed E-state index contributed by atoms with van der Waals surface area (Å²) in [6.07, 6.45) is 0. The first-order chi connectivity index (χ1) is 9.67. The number of aliphatic hydroxyl groups is 1. The normalized spacial score (nSPS) is 19.7. The second kappa shape index (κ2) is 5.81. The maximum absolute atomic E-state index is 13.7. The standard InChI is InChI=1S/C13H17ClFNO4S/c1-13(2)8-16(3-4-20-13)21(18,19)10-5-9(7-17)12(14)11(15)6-10/h5-6,17H,3-4,7-8H2,1-2H3. The van der Waals surface area contributed by atoms with E-state index in [4.69, 9.17) is 21.4 Å². The molecular formula is C13H17ClFNO4S. The molecule has 1 heterocycles. The van der Waals surface area contributed by atoms with Crippen molar-refractivity contribution in [1.29, 1.82) is 0 Å². The van der Waals surface area contributed by atoms with E-state index >= 15 is 0 Å². The Kier molecular flexibility index (Phi) is 4.60. The summed E-state index contributed by atoms with van der Waals surface area (Å²) in [5.74, 6) is -0.866. The number of rotatable bonds is 3. The molecule has 1 aromatic carbocycles. The highest BCUT2D eigenvalue weighted by atomic mass is 35.5. The van der Waals surface area contributed by atoms with E-state index in [-0.39, 0.29) is 35.2 Å². The molecule has 0 amide bonds. The summed E-state index contributed by atoms with van der Waals surface area (Å²) in [5.41, 5.74) is -0.557. The number of hydrogen-bond donors (Lipinski definition) is 1. The SMILES string of the molecule is CC1(C)CN(S(=O)(=O)c2cc(F)c(Cl)c(CO)c2)CCO1. The molecule has 1 fully saturated rings. The van der Waals surface area contributed by atoms with E-state index in [2.05, 4.69) is 0 Å². The molecule has 118 valence electrons. The van der Waals surface area contributed by atoms with Crippen LogP contribution in [0.2, 0.25) is 5.02 Å². The van der Waals surface area contributed by atoms with Gasteiger partial charge in [-0.2, -0.15) is 4.31 Å². The van der Waals surface area contributed by atoms with Crippen LogP contribution in [0, 0.1) is 5.82 Å². The molecule has 0 aliphatic carbocycles. The molecule has 0 radical (unpaired) electrons. The Morgan fingerprint density at radius 1 is 1.48 bits per heavy atom. The monoisotopic (exact) mass is 337 g/mol. The molecule has 1 N–H and O–H groups in total. The maximum Gasteiger partial charge on any atom is 0.243 e. The van der Waals surface area contributed by atoms with Crippen LogP contribution < -0.4 is 0 Å². The van der Waals surface area contributed by atoms with Gasteiger partial charge in [0.15, 0.2) is 0 Å². The molecule has 21 heavy (non-hydrogen) atoms. The first-order valence-electron chi connectivity index (χ1n) is 6.40. The number of hydrogen-bond acceptors (Lipinski definition) is 4. The zero-order chi connectivity index (χ0) is 15.8. The van der Waals surface area contributed by atoms with E-state index in [1.54, 1.807) is 13.8 Å².